The van der Waals surface area contributed by atoms with E-state index in [0.29, 0.717) is 12.1 Å². The molecule has 0 saturated carbocycles. The molecule has 17 heavy (non-hydrogen) atoms. The molecule has 0 spiro atoms. The van der Waals surface area contributed by atoms with Crippen molar-refractivity contribution < 1.29 is 0 Å². The Morgan fingerprint density at radius 1 is 1.29 bits per heavy atom. The zero-order chi connectivity index (χ0) is 12.3. The Hall–Kier alpha value is -1.03. The molecule has 1 aromatic rings. The summed E-state index contributed by atoms with van der Waals surface area (Å²) in [5.74, 6) is 1.13. The fraction of sp³-hybridized carbons (Fsp3) is 0.769. The molecule has 4 nitrogen and oxygen atoms in total. The largest absolute Gasteiger partial charge is 0.355 e. The van der Waals surface area contributed by atoms with Crippen LogP contribution in [-0.4, -0.2) is 35.0 Å². The van der Waals surface area contributed by atoms with Crippen molar-refractivity contribution in [3.8, 4) is 0 Å². The standard InChI is InChI=1S/C13H24N4/c1-4-17-10-7-13(15-17)16-8-5-11(2)14-12(3)6-9-16/h7,10-12,14H,4-6,8-9H2,1-3H3. The van der Waals surface area contributed by atoms with Crippen LogP contribution < -0.4 is 10.2 Å². The second-order valence-corrected chi connectivity index (χ2v) is 5.06. The Balaban J connectivity index is 2.03. The van der Waals surface area contributed by atoms with E-state index in [-0.39, 0.29) is 0 Å². The predicted octanol–water partition coefficient (Wildman–Crippen LogP) is 1.87. The number of rotatable bonds is 2. The van der Waals surface area contributed by atoms with Gasteiger partial charge in [0, 0.05) is 44.0 Å². The first-order valence-electron chi connectivity index (χ1n) is 6.73. The molecule has 1 aromatic heterocycles. The normalized spacial score (nSPS) is 26.6. The van der Waals surface area contributed by atoms with Crippen molar-refractivity contribution in [1.82, 2.24) is 15.1 Å². The molecule has 1 aliphatic rings. The molecule has 0 amide bonds. The van der Waals surface area contributed by atoms with E-state index in [4.69, 9.17) is 0 Å². The van der Waals surface area contributed by atoms with Crippen LogP contribution in [0.2, 0.25) is 0 Å². The van der Waals surface area contributed by atoms with Crippen LogP contribution in [0.25, 0.3) is 0 Å². The second kappa shape index (κ2) is 5.54. The second-order valence-electron chi connectivity index (χ2n) is 5.06. The predicted molar refractivity (Wildman–Crippen MR) is 71.4 cm³/mol. The van der Waals surface area contributed by atoms with Gasteiger partial charge in [-0.2, -0.15) is 5.10 Å². The van der Waals surface area contributed by atoms with Gasteiger partial charge in [0.15, 0.2) is 5.82 Å². The van der Waals surface area contributed by atoms with E-state index in [0.717, 1.165) is 25.5 Å². The number of aryl methyl sites for hydroxylation is 1. The van der Waals surface area contributed by atoms with E-state index in [1.807, 2.05) is 4.68 Å². The quantitative estimate of drug-likeness (QED) is 0.851. The lowest BCUT2D eigenvalue weighted by atomic mass is 10.1. The Morgan fingerprint density at radius 3 is 2.47 bits per heavy atom. The van der Waals surface area contributed by atoms with Crippen molar-refractivity contribution in [3.05, 3.63) is 12.3 Å². The summed E-state index contributed by atoms with van der Waals surface area (Å²) >= 11 is 0. The highest BCUT2D eigenvalue weighted by molar-refractivity contribution is 5.36. The Labute approximate surface area is 104 Å². The lowest BCUT2D eigenvalue weighted by Gasteiger charge is -2.30. The first kappa shape index (κ1) is 12.4. The third kappa shape index (κ3) is 3.22. The molecule has 0 bridgehead atoms. The summed E-state index contributed by atoms with van der Waals surface area (Å²) in [6.07, 6.45) is 4.44. The summed E-state index contributed by atoms with van der Waals surface area (Å²) in [5.41, 5.74) is 0. The minimum atomic E-state index is 0.598. The fourth-order valence-corrected chi connectivity index (χ4v) is 2.39. The highest BCUT2D eigenvalue weighted by Gasteiger charge is 2.17. The SMILES string of the molecule is CCn1ccc(N2CCC(C)NC(C)CC2)n1. The van der Waals surface area contributed by atoms with E-state index < -0.39 is 0 Å². The van der Waals surface area contributed by atoms with Crippen LogP contribution in [0.3, 0.4) is 0 Å². The molecule has 4 heteroatoms. The van der Waals surface area contributed by atoms with E-state index in [2.05, 4.69) is 48.3 Å². The van der Waals surface area contributed by atoms with Gasteiger partial charge in [0.05, 0.1) is 0 Å². The molecule has 1 N–H and O–H groups in total. The van der Waals surface area contributed by atoms with Gasteiger partial charge in [0.25, 0.3) is 0 Å². The van der Waals surface area contributed by atoms with Crippen LogP contribution >= 0.6 is 0 Å². The number of anilines is 1. The molecule has 96 valence electrons. The lowest BCUT2D eigenvalue weighted by Crippen LogP contribution is -2.43. The Morgan fingerprint density at radius 2 is 1.94 bits per heavy atom. The summed E-state index contributed by atoms with van der Waals surface area (Å²) in [4.78, 5) is 2.42. The average molecular weight is 236 g/mol. The minimum Gasteiger partial charge on any atom is -0.355 e. The third-order valence-corrected chi connectivity index (χ3v) is 3.51. The zero-order valence-electron chi connectivity index (χ0n) is 11.2. The fourth-order valence-electron chi connectivity index (χ4n) is 2.39. The molecule has 2 atom stereocenters. The van der Waals surface area contributed by atoms with Crippen molar-refractivity contribution >= 4 is 5.82 Å². The molecule has 1 saturated heterocycles. The van der Waals surface area contributed by atoms with Gasteiger partial charge in [0.1, 0.15) is 0 Å². The minimum absolute atomic E-state index is 0.598. The number of nitrogens with one attached hydrogen (secondary N) is 1. The smallest absolute Gasteiger partial charge is 0.150 e. The molecule has 2 unspecified atom stereocenters. The van der Waals surface area contributed by atoms with Crippen LogP contribution in [0.15, 0.2) is 12.3 Å². The molecular formula is C13H24N4. The average Bonchev–Trinajstić information content (AvgIpc) is 2.75. The van der Waals surface area contributed by atoms with Crippen molar-refractivity contribution in [3.63, 3.8) is 0 Å². The van der Waals surface area contributed by atoms with Crippen LogP contribution in [0.5, 0.6) is 0 Å². The van der Waals surface area contributed by atoms with Crippen molar-refractivity contribution in [2.24, 2.45) is 0 Å². The van der Waals surface area contributed by atoms with E-state index >= 15 is 0 Å². The number of aromatic nitrogens is 2. The van der Waals surface area contributed by atoms with Gasteiger partial charge in [0.2, 0.25) is 0 Å². The molecular weight excluding hydrogens is 212 g/mol. The molecule has 0 aliphatic carbocycles. The van der Waals surface area contributed by atoms with E-state index in [9.17, 15) is 0 Å². The maximum atomic E-state index is 4.60. The van der Waals surface area contributed by atoms with Crippen molar-refractivity contribution in [1.29, 1.82) is 0 Å². The van der Waals surface area contributed by atoms with Gasteiger partial charge in [-0.25, -0.2) is 0 Å². The highest BCUT2D eigenvalue weighted by atomic mass is 15.3. The van der Waals surface area contributed by atoms with E-state index in [1.165, 1.54) is 12.8 Å². The summed E-state index contributed by atoms with van der Waals surface area (Å²) in [5, 5.41) is 8.21. The zero-order valence-corrected chi connectivity index (χ0v) is 11.2. The van der Waals surface area contributed by atoms with Gasteiger partial charge in [-0.15, -0.1) is 0 Å². The van der Waals surface area contributed by atoms with Crippen LogP contribution in [0.1, 0.15) is 33.6 Å². The van der Waals surface area contributed by atoms with Gasteiger partial charge >= 0.3 is 0 Å². The molecule has 2 heterocycles. The molecule has 0 aromatic carbocycles. The third-order valence-electron chi connectivity index (χ3n) is 3.51. The first-order valence-corrected chi connectivity index (χ1v) is 6.73. The number of hydrogen-bond acceptors (Lipinski definition) is 3. The number of nitrogens with zero attached hydrogens (tertiary/aromatic N) is 3. The summed E-state index contributed by atoms with van der Waals surface area (Å²) < 4.78 is 2.00. The van der Waals surface area contributed by atoms with Crippen molar-refractivity contribution in [2.75, 3.05) is 18.0 Å². The van der Waals surface area contributed by atoms with Crippen LogP contribution in [0, 0.1) is 0 Å². The van der Waals surface area contributed by atoms with Crippen molar-refractivity contribution in [2.45, 2.75) is 52.2 Å². The summed E-state index contributed by atoms with van der Waals surface area (Å²) in [7, 11) is 0. The molecule has 1 fully saturated rings. The molecule has 1 aliphatic heterocycles. The summed E-state index contributed by atoms with van der Waals surface area (Å²) in [6.45, 7) is 9.80. The van der Waals surface area contributed by atoms with Gasteiger partial charge in [-0.3, -0.25) is 4.68 Å². The topological polar surface area (TPSA) is 33.1 Å². The molecule has 2 rings (SSSR count). The van der Waals surface area contributed by atoms with Crippen LogP contribution in [0.4, 0.5) is 5.82 Å². The highest BCUT2D eigenvalue weighted by Crippen LogP contribution is 2.15. The van der Waals surface area contributed by atoms with Gasteiger partial charge < -0.3 is 10.2 Å². The number of hydrogen-bond donors (Lipinski definition) is 1. The lowest BCUT2D eigenvalue weighted by molar-refractivity contribution is 0.403. The van der Waals surface area contributed by atoms with Gasteiger partial charge in [-0.1, -0.05) is 0 Å². The Bertz CT molecular complexity index is 335. The van der Waals surface area contributed by atoms with E-state index in [1.54, 1.807) is 0 Å². The molecule has 0 radical (unpaired) electrons. The summed E-state index contributed by atoms with van der Waals surface area (Å²) in [6, 6.07) is 3.33. The monoisotopic (exact) mass is 236 g/mol. The first-order chi connectivity index (χ1) is 8.19. The van der Waals surface area contributed by atoms with Gasteiger partial charge in [-0.05, 0) is 33.6 Å². The Kier molecular flexibility index (Phi) is 4.05. The van der Waals surface area contributed by atoms with Crippen LogP contribution in [-0.2, 0) is 6.54 Å². The maximum absolute atomic E-state index is 4.60. The maximum Gasteiger partial charge on any atom is 0.150 e.